The van der Waals surface area contributed by atoms with Crippen molar-refractivity contribution in [3.8, 4) is 0 Å². The number of hydrogen-bond acceptors (Lipinski definition) is 37. The molecule has 0 unspecified atom stereocenters. The van der Waals surface area contributed by atoms with Crippen LogP contribution in [0.2, 0.25) is 0 Å². The number of phosphoric acid groups is 1. The minimum atomic E-state index is -4.64. The van der Waals surface area contributed by atoms with E-state index < -0.39 is 214 Å². The van der Waals surface area contributed by atoms with Crippen LogP contribution in [-0.4, -0.2) is 36.6 Å². The third-order valence-electron chi connectivity index (χ3n) is 0. The van der Waals surface area contributed by atoms with Crippen LogP contribution in [0.15, 0.2) is 0 Å². The van der Waals surface area contributed by atoms with E-state index in [1.165, 1.54) is 0 Å². The standard InChI is InChI=1S/H3O4P.4H2O.36O.12W/c1-5(2,3)4;;;;;;;;;;;;;;;;;;;;;;;;;;;;;;;;;;;;;;;;;;;;;;;;;;;;/h(H3,1,2,3,4);4*1H2;;;;;;;;;;;;;;;;;;;;;;;;;;;;;;;;;;;;;;;;;;;;;;;;. The fourth-order valence-corrected chi connectivity index (χ4v) is 0. The molecule has 0 rings (SSSR count). The molecule has 0 heterocycles. The molecule has 0 aliphatic rings. The van der Waals surface area contributed by atoms with Crippen LogP contribution in [0, 0.1) is 0 Å². The first-order chi connectivity index (χ1) is 22.8. The van der Waals surface area contributed by atoms with Crippen LogP contribution in [-0.2, 0) is 333 Å². The van der Waals surface area contributed by atoms with E-state index in [4.69, 9.17) is 142 Å². The van der Waals surface area contributed by atoms with Crippen LogP contribution >= 0.6 is 7.82 Å². The van der Waals surface area contributed by atoms with E-state index in [1.807, 2.05) is 0 Å². The van der Waals surface area contributed by atoms with Crippen molar-refractivity contribution in [2.24, 2.45) is 0 Å². The molecule has 11 N–H and O–H groups in total. The van der Waals surface area contributed by atoms with Gasteiger partial charge < -0.3 is 36.6 Å². The Balaban J connectivity index is -0.0000000202. The second kappa shape index (κ2) is 96.7. The Hall–Kier alpha value is 1.01. The summed E-state index contributed by atoms with van der Waals surface area (Å²) in [5.74, 6) is 0. The van der Waals surface area contributed by atoms with Gasteiger partial charge in [-0.05, 0) is 0 Å². The van der Waals surface area contributed by atoms with Gasteiger partial charge in [-0.25, -0.2) is 4.57 Å². The van der Waals surface area contributed by atoms with Crippen LogP contribution in [0.5, 0.6) is 0 Å². The molecular formula is H11O44PW12. The zero-order valence-electron chi connectivity index (χ0n) is 23.8. The van der Waals surface area contributed by atoms with E-state index >= 15 is 0 Å². The summed E-state index contributed by atoms with van der Waals surface area (Å²) < 4.78 is 319. The molecule has 0 atom stereocenters. The van der Waals surface area contributed by atoms with E-state index in [1.54, 1.807) is 0 Å². The average molecular weight is 2950 g/mol. The predicted octanol–water partition coefficient (Wildman–Crippen LogP) is -8.53. The van der Waals surface area contributed by atoms with Crippen molar-refractivity contribution in [3.63, 3.8) is 0 Å². The van der Waals surface area contributed by atoms with Gasteiger partial charge in [-0.2, -0.15) is 0 Å². The molecule has 0 amide bonds. The van der Waals surface area contributed by atoms with Crippen LogP contribution in [0.1, 0.15) is 0 Å². The van der Waals surface area contributed by atoms with Crippen LogP contribution < -0.4 is 0 Å². The molecule has 0 aliphatic heterocycles. The first kappa shape index (κ1) is 112. The molecule has 0 aromatic rings. The fraction of sp³-hybridized carbons (Fsp3) is 0. The zero-order valence-corrected chi connectivity index (χ0v) is 59.9. The molecule has 0 bridgehead atoms. The quantitative estimate of drug-likeness (QED) is 0.190. The second-order valence-electron chi connectivity index (χ2n) is 2.96. The Bertz CT molecular complexity index is 1690. The third kappa shape index (κ3) is 169000. The summed E-state index contributed by atoms with van der Waals surface area (Å²) in [5.41, 5.74) is 0. The van der Waals surface area contributed by atoms with Crippen molar-refractivity contribution < 1.29 is 370 Å². The maximum absolute atomic E-state index is 8.88. The summed E-state index contributed by atoms with van der Waals surface area (Å²) in [6.07, 6.45) is 0. The molecule has 352 valence electrons. The van der Waals surface area contributed by atoms with Crippen LogP contribution in [0.3, 0.4) is 0 Å². The van der Waals surface area contributed by atoms with Gasteiger partial charge in [0.1, 0.15) is 0 Å². The van der Waals surface area contributed by atoms with E-state index in [0.717, 1.165) is 0 Å². The molecule has 0 saturated heterocycles. The molecule has 0 saturated carbocycles. The average Bonchev–Trinajstić information content (AvgIpc) is 2.66. The molecule has 0 aromatic carbocycles. The maximum atomic E-state index is 8.88. The van der Waals surface area contributed by atoms with Crippen molar-refractivity contribution in [2.75, 3.05) is 0 Å². The van der Waals surface area contributed by atoms with Gasteiger partial charge >= 0.3 is 337 Å². The van der Waals surface area contributed by atoms with Gasteiger partial charge in [-0.3, -0.25) is 0 Å². The van der Waals surface area contributed by atoms with E-state index in [9.17, 15) is 0 Å². The van der Waals surface area contributed by atoms with E-state index in [2.05, 4.69) is 0 Å². The first-order valence-electron chi connectivity index (χ1n) is 6.78. The van der Waals surface area contributed by atoms with Crippen molar-refractivity contribution >= 4 is 7.82 Å². The van der Waals surface area contributed by atoms with Gasteiger partial charge in [0.25, 0.3) is 0 Å². The molecule has 57 heavy (non-hydrogen) atoms. The summed E-state index contributed by atoms with van der Waals surface area (Å²) >= 11 is -51.3. The number of hydrogen-bond donors (Lipinski definition) is 3. The van der Waals surface area contributed by atoms with Crippen molar-refractivity contribution in [3.05, 3.63) is 0 Å². The summed E-state index contributed by atoms with van der Waals surface area (Å²) in [7, 11) is -4.64. The van der Waals surface area contributed by atoms with Gasteiger partial charge in [0.15, 0.2) is 0 Å². The van der Waals surface area contributed by atoms with Gasteiger partial charge in [0.05, 0.1) is 0 Å². The Kier molecular flexibility index (Phi) is 190. The summed E-state index contributed by atoms with van der Waals surface area (Å²) in [6, 6.07) is 0. The topological polar surface area (TPSA) is 818 Å². The molecule has 0 radical (unpaired) electrons. The molecule has 0 aliphatic carbocycles. The van der Waals surface area contributed by atoms with E-state index in [0.29, 0.717) is 0 Å². The summed E-state index contributed by atoms with van der Waals surface area (Å²) in [6.45, 7) is 0. The van der Waals surface area contributed by atoms with Gasteiger partial charge in [-0.15, -0.1) is 0 Å². The Morgan fingerprint density at radius 1 is 0.175 bits per heavy atom. The second-order valence-corrected chi connectivity index (χ2v) is 21.6. The third-order valence-corrected chi connectivity index (χ3v) is 0. The predicted molar refractivity (Wildman–Crippen MR) is 53.4 cm³/mol. The Morgan fingerprint density at radius 2 is 0.175 bits per heavy atom. The molecule has 44 nitrogen and oxygen atoms in total. The molecule has 0 fully saturated rings. The van der Waals surface area contributed by atoms with Crippen LogP contribution in [0.4, 0.5) is 0 Å². The normalized spacial score (nSPS) is 6.09. The Morgan fingerprint density at radius 3 is 0.175 bits per heavy atom. The van der Waals surface area contributed by atoms with Gasteiger partial charge in [0.2, 0.25) is 0 Å². The summed E-state index contributed by atoms with van der Waals surface area (Å²) in [4.78, 5) is 21.6. The van der Waals surface area contributed by atoms with Crippen molar-refractivity contribution in [1.29, 1.82) is 0 Å². The summed E-state index contributed by atoms with van der Waals surface area (Å²) in [5, 5.41) is 0. The Labute approximate surface area is 371 Å². The molecular weight excluding hydrogens is 2940 g/mol. The molecule has 0 aromatic heterocycles. The van der Waals surface area contributed by atoms with Gasteiger partial charge in [0, 0.05) is 0 Å². The fourth-order valence-electron chi connectivity index (χ4n) is 0. The van der Waals surface area contributed by atoms with E-state index in [-0.39, 0.29) is 21.9 Å². The molecule has 57 heteroatoms. The van der Waals surface area contributed by atoms with Crippen molar-refractivity contribution in [1.82, 2.24) is 0 Å². The van der Waals surface area contributed by atoms with Crippen molar-refractivity contribution in [2.45, 2.75) is 0 Å². The minimum absolute atomic E-state index is 0. The number of rotatable bonds is 0. The molecule has 0 spiro atoms. The SMILES string of the molecule is O.O.O.O.O=P(O)(O)O.[O]=[W](=[O])=[O].[O]=[W](=[O])=[O].[O]=[W](=[O])=[O].[O]=[W](=[O])=[O].[O]=[W](=[O])=[O].[O]=[W](=[O])=[O].[O]=[W](=[O])=[O].[O]=[W](=[O])=[O].[O]=[W](=[O])=[O].[O]=[W](=[O])=[O].[O]=[W](=[O])=[O].[O]=[W](=[O])=[O]. The van der Waals surface area contributed by atoms with Crippen LogP contribution in [0.25, 0.3) is 0 Å². The first-order valence-corrected chi connectivity index (χ1v) is 51.5. The monoisotopic (exact) mass is 2950 g/mol. The van der Waals surface area contributed by atoms with Gasteiger partial charge in [-0.1, -0.05) is 0 Å². The zero-order chi connectivity index (χ0) is 47.4.